The summed E-state index contributed by atoms with van der Waals surface area (Å²) in [5.74, 6) is -1.23. The highest BCUT2D eigenvalue weighted by Gasteiger charge is 2.45. The number of ether oxygens (including phenoxy) is 4. The summed E-state index contributed by atoms with van der Waals surface area (Å²) >= 11 is 12.6. The lowest BCUT2D eigenvalue weighted by molar-refractivity contribution is -0.166. The van der Waals surface area contributed by atoms with Gasteiger partial charge in [0.1, 0.15) is 24.7 Å². The minimum Gasteiger partial charge on any atom is -0.494 e. The van der Waals surface area contributed by atoms with Crippen LogP contribution in [0.25, 0.3) is 0 Å². The first-order valence-electron chi connectivity index (χ1n) is 19.0. The standard InChI is InChI=1S/C42H52Cl2N2O9/c1-4-42(40(48)49,41(50)51)14-17-53-33-23-28(6-5-16-52-3)22-29(24-33)26-46(31-9-10-31)39(47)35-25-45-15-13-34(35)30-7-11-32(12-8-30)54-18-19-55-38-36(43)20-27(2)21-37(38)44/h7-8,11-12,20-24,31,34-35,45H,4-6,9-10,13-19,25-26H2,1-3H3,(H,48,49)(H,50,51)/t34-,35+/m1/s1. The summed E-state index contributed by atoms with van der Waals surface area (Å²) in [7, 11) is 1.66. The maximum atomic E-state index is 14.5. The van der Waals surface area contributed by atoms with Crippen molar-refractivity contribution in [2.24, 2.45) is 11.3 Å². The number of methoxy groups -OCH3 is 1. The number of nitrogens with one attached hydrogen (secondary N) is 1. The summed E-state index contributed by atoms with van der Waals surface area (Å²) in [6, 6.07) is 17.5. The molecule has 0 aromatic heterocycles. The molecule has 0 spiro atoms. The Morgan fingerprint density at radius 2 is 1.51 bits per heavy atom. The molecule has 0 unspecified atom stereocenters. The highest BCUT2D eigenvalue weighted by Crippen LogP contribution is 2.38. The molecule has 11 nitrogen and oxygen atoms in total. The van der Waals surface area contributed by atoms with Crippen molar-refractivity contribution in [1.82, 2.24) is 10.2 Å². The van der Waals surface area contributed by atoms with Gasteiger partial charge in [-0.05, 0) is 117 Å². The summed E-state index contributed by atoms with van der Waals surface area (Å²) in [5, 5.41) is 23.8. The molecule has 1 heterocycles. The maximum Gasteiger partial charge on any atom is 0.321 e. The van der Waals surface area contributed by atoms with Crippen molar-refractivity contribution in [1.29, 1.82) is 0 Å². The number of carbonyl (C=O) groups is 3. The van der Waals surface area contributed by atoms with Crippen molar-refractivity contribution in [3.05, 3.63) is 86.9 Å². The van der Waals surface area contributed by atoms with Crippen LogP contribution in [0.2, 0.25) is 10.0 Å². The Morgan fingerprint density at radius 1 is 0.855 bits per heavy atom. The first-order valence-corrected chi connectivity index (χ1v) is 19.7. The van der Waals surface area contributed by atoms with Gasteiger partial charge in [-0.15, -0.1) is 0 Å². The van der Waals surface area contributed by atoms with Crippen LogP contribution in [0.3, 0.4) is 0 Å². The summed E-state index contributed by atoms with van der Waals surface area (Å²) in [6.07, 6.45) is 3.96. The molecule has 1 saturated carbocycles. The Morgan fingerprint density at radius 3 is 2.15 bits per heavy atom. The van der Waals surface area contributed by atoms with E-state index in [0.29, 0.717) is 53.6 Å². The fourth-order valence-electron chi connectivity index (χ4n) is 7.23. The number of benzene rings is 3. The lowest BCUT2D eigenvalue weighted by Crippen LogP contribution is -2.47. The molecular weight excluding hydrogens is 747 g/mol. The van der Waals surface area contributed by atoms with Crippen molar-refractivity contribution < 1.29 is 43.5 Å². The zero-order chi connectivity index (χ0) is 39.5. The van der Waals surface area contributed by atoms with Crippen molar-refractivity contribution in [3.8, 4) is 17.2 Å². The number of nitrogens with zero attached hydrogens (tertiary/aromatic N) is 1. The van der Waals surface area contributed by atoms with Crippen molar-refractivity contribution in [3.63, 3.8) is 0 Å². The molecule has 0 radical (unpaired) electrons. The molecule has 1 amide bonds. The highest BCUT2D eigenvalue weighted by molar-refractivity contribution is 6.37. The van der Waals surface area contributed by atoms with Gasteiger partial charge in [-0.2, -0.15) is 0 Å². The first kappa shape index (κ1) is 42.1. The Labute approximate surface area is 333 Å². The predicted octanol–water partition coefficient (Wildman–Crippen LogP) is 7.56. The van der Waals surface area contributed by atoms with E-state index in [4.69, 9.17) is 42.1 Å². The number of carbonyl (C=O) groups excluding carboxylic acids is 1. The van der Waals surface area contributed by atoms with Gasteiger partial charge >= 0.3 is 11.9 Å². The monoisotopic (exact) mass is 798 g/mol. The van der Waals surface area contributed by atoms with E-state index in [9.17, 15) is 24.6 Å². The number of hydrogen-bond acceptors (Lipinski definition) is 8. The van der Waals surface area contributed by atoms with Crippen molar-refractivity contribution in [2.75, 3.05) is 46.6 Å². The van der Waals surface area contributed by atoms with Gasteiger partial charge in [0.25, 0.3) is 0 Å². The average molecular weight is 800 g/mol. The molecule has 1 aliphatic carbocycles. The molecule has 2 fully saturated rings. The molecule has 2 aliphatic rings. The SMILES string of the molecule is CCC(CCOc1cc(CCCOC)cc(CN(C(=O)[C@H]2CNCC[C@@H]2c2ccc(OCCOc3c(Cl)cc(C)cc3Cl)cc2)C2CC2)c1)(C(=O)O)C(=O)O. The molecule has 1 saturated heterocycles. The van der Waals surface area contributed by atoms with Crippen LogP contribution in [-0.4, -0.2) is 85.6 Å². The van der Waals surface area contributed by atoms with Crippen LogP contribution in [0.4, 0.5) is 0 Å². The largest absolute Gasteiger partial charge is 0.494 e. The fourth-order valence-corrected chi connectivity index (χ4v) is 7.94. The number of carboxylic acid groups (broad SMARTS) is 2. The maximum absolute atomic E-state index is 14.5. The van der Waals surface area contributed by atoms with Crippen LogP contribution in [0.15, 0.2) is 54.6 Å². The van der Waals surface area contributed by atoms with Gasteiger partial charge < -0.3 is 39.4 Å². The quantitative estimate of drug-likeness (QED) is 0.0730. The zero-order valence-electron chi connectivity index (χ0n) is 31.8. The van der Waals surface area contributed by atoms with Crippen LogP contribution in [0.5, 0.6) is 17.2 Å². The molecular formula is C42H52Cl2N2O9. The second-order valence-corrected chi connectivity index (χ2v) is 15.3. The molecule has 1 aliphatic heterocycles. The molecule has 3 N–H and O–H groups in total. The predicted molar refractivity (Wildman–Crippen MR) is 211 cm³/mol. The lowest BCUT2D eigenvalue weighted by atomic mass is 9.80. The Hall–Kier alpha value is -4.03. The molecule has 13 heteroatoms. The molecule has 2 atom stereocenters. The third-order valence-electron chi connectivity index (χ3n) is 10.5. The molecule has 3 aromatic rings. The van der Waals surface area contributed by atoms with E-state index < -0.39 is 17.4 Å². The van der Waals surface area contributed by atoms with Gasteiger partial charge in [-0.1, -0.05) is 48.3 Å². The number of piperidine rings is 1. The second kappa shape index (κ2) is 19.7. The van der Waals surface area contributed by atoms with E-state index in [1.54, 1.807) is 26.2 Å². The molecule has 0 bridgehead atoms. The fraction of sp³-hybridized carbons (Fsp3) is 0.500. The van der Waals surface area contributed by atoms with Crippen LogP contribution >= 0.6 is 23.2 Å². The summed E-state index contributed by atoms with van der Waals surface area (Å²) in [6.45, 7) is 6.32. The zero-order valence-corrected chi connectivity index (χ0v) is 33.3. The number of halogens is 2. The van der Waals surface area contributed by atoms with E-state index in [1.807, 2.05) is 48.2 Å². The van der Waals surface area contributed by atoms with Gasteiger partial charge in [0.2, 0.25) is 5.91 Å². The average Bonchev–Trinajstić information content (AvgIpc) is 4.00. The third kappa shape index (κ3) is 11.1. The smallest absolute Gasteiger partial charge is 0.321 e. The van der Waals surface area contributed by atoms with Crippen LogP contribution in [0.1, 0.15) is 73.6 Å². The van der Waals surface area contributed by atoms with E-state index >= 15 is 0 Å². The number of aryl methyl sites for hydroxylation is 2. The molecule has 3 aromatic carbocycles. The number of hydrogen-bond donors (Lipinski definition) is 3. The van der Waals surface area contributed by atoms with E-state index in [-0.39, 0.29) is 49.8 Å². The third-order valence-corrected chi connectivity index (χ3v) is 11.1. The van der Waals surface area contributed by atoms with Gasteiger partial charge in [0.15, 0.2) is 11.2 Å². The van der Waals surface area contributed by atoms with Crippen LogP contribution < -0.4 is 19.5 Å². The van der Waals surface area contributed by atoms with Gasteiger partial charge in [0, 0.05) is 39.3 Å². The van der Waals surface area contributed by atoms with Gasteiger partial charge in [-0.3, -0.25) is 14.4 Å². The van der Waals surface area contributed by atoms with E-state index in [2.05, 4.69) is 11.4 Å². The minimum atomic E-state index is -1.92. The summed E-state index contributed by atoms with van der Waals surface area (Å²) in [4.78, 5) is 40.3. The minimum absolute atomic E-state index is 0.0276. The van der Waals surface area contributed by atoms with Crippen molar-refractivity contribution >= 4 is 41.0 Å². The highest BCUT2D eigenvalue weighted by atomic mass is 35.5. The summed E-state index contributed by atoms with van der Waals surface area (Å²) in [5.41, 5.74) is 2.01. The second-order valence-electron chi connectivity index (χ2n) is 14.5. The van der Waals surface area contributed by atoms with Crippen LogP contribution in [0, 0.1) is 18.3 Å². The number of carboxylic acids is 2. The van der Waals surface area contributed by atoms with Gasteiger partial charge in [0.05, 0.1) is 22.6 Å². The number of rotatable bonds is 21. The van der Waals surface area contributed by atoms with Gasteiger partial charge in [-0.25, -0.2) is 0 Å². The number of amides is 1. The van der Waals surface area contributed by atoms with Crippen LogP contribution in [-0.2, 0) is 32.1 Å². The topological polar surface area (TPSA) is 144 Å². The van der Waals surface area contributed by atoms with E-state index in [0.717, 1.165) is 60.9 Å². The molecule has 55 heavy (non-hydrogen) atoms. The van der Waals surface area contributed by atoms with Crippen molar-refractivity contribution in [2.45, 2.75) is 77.3 Å². The Kier molecular flexibility index (Phi) is 15.1. The number of aliphatic carboxylic acids is 2. The van der Waals surface area contributed by atoms with E-state index in [1.165, 1.54) is 0 Å². The lowest BCUT2D eigenvalue weighted by Gasteiger charge is -2.36. The Balaban J connectivity index is 1.26. The summed E-state index contributed by atoms with van der Waals surface area (Å²) < 4.78 is 23.0. The molecule has 298 valence electrons. The Bertz CT molecular complexity index is 1750. The first-order chi connectivity index (χ1) is 26.4. The normalized spacial score (nSPS) is 17.0. The molecule has 5 rings (SSSR count).